The van der Waals surface area contributed by atoms with Gasteiger partial charge in [0.15, 0.2) is 6.10 Å². The van der Waals surface area contributed by atoms with Crippen molar-refractivity contribution in [2.45, 2.75) is 174 Å². The molecule has 0 aromatic rings. The zero-order valence-electron chi connectivity index (χ0n) is 25.7. The fraction of sp³-hybridized carbons (Fsp3) is 0.935. The van der Waals surface area contributed by atoms with Crippen LogP contribution in [0.3, 0.4) is 0 Å². The van der Waals surface area contributed by atoms with Gasteiger partial charge in [-0.15, -0.1) is 0 Å². The Hall–Kier alpha value is -1.19. The van der Waals surface area contributed by atoms with E-state index in [1.165, 1.54) is 96.3 Å². The largest absolute Gasteiger partial charge is 0.462 e. The molecule has 0 amide bonds. The zero-order chi connectivity index (χ0) is 29.7. The van der Waals surface area contributed by atoms with Gasteiger partial charge in [-0.2, -0.15) is 8.42 Å². The Labute approximate surface area is 245 Å². The van der Waals surface area contributed by atoms with Crippen molar-refractivity contribution < 1.29 is 36.2 Å². The molecule has 0 aromatic carbocycles. The van der Waals surface area contributed by atoms with E-state index in [-0.39, 0.29) is 19.4 Å². The van der Waals surface area contributed by atoms with E-state index in [1.54, 1.807) is 0 Å². The average molecular weight is 593 g/mol. The van der Waals surface area contributed by atoms with Gasteiger partial charge in [-0.3, -0.25) is 14.1 Å². The average Bonchev–Trinajstić information content (AvgIpc) is 2.91. The number of rotatable bonds is 30. The van der Waals surface area contributed by atoms with Crippen LogP contribution in [-0.4, -0.2) is 44.2 Å². The zero-order valence-corrected chi connectivity index (χ0v) is 26.5. The Kier molecular flexibility index (Phi) is 27.1. The lowest BCUT2D eigenvalue weighted by Gasteiger charge is -2.17. The van der Waals surface area contributed by atoms with Crippen LogP contribution in [0.5, 0.6) is 0 Å². The minimum atomic E-state index is -4.70. The third-order valence-electron chi connectivity index (χ3n) is 7.10. The molecule has 0 spiro atoms. The van der Waals surface area contributed by atoms with Crippen LogP contribution in [0.2, 0.25) is 0 Å². The van der Waals surface area contributed by atoms with Crippen LogP contribution in [-0.2, 0) is 33.6 Å². The van der Waals surface area contributed by atoms with Gasteiger partial charge in [0.1, 0.15) is 13.2 Å². The summed E-state index contributed by atoms with van der Waals surface area (Å²) in [7, 11) is -4.70. The molecule has 1 N–H and O–H groups in total. The van der Waals surface area contributed by atoms with Gasteiger partial charge in [0.25, 0.3) is 0 Å². The predicted molar refractivity (Wildman–Crippen MR) is 160 cm³/mol. The summed E-state index contributed by atoms with van der Waals surface area (Å²) in [5.41, 5.74) is 0. The monoisotopic (exact) mass is 592 g/mol. The molecule has 0 heterocycles. The summed E-state index contributed by atoms with van der Waals surface area (Å²) in [6.45, 7) is 3.53. The van der Waals surface area contributed by atoms with Gasteiger partial charge < -0.3 is 9.47 Å². The fourth-order valence-electron chi connectivity index (χ4n) is 4.65. The minimum absolute atomic E-state index is 0.200. The summed E-state index contributed by atoms with van der Waals surface area (Å²) >= 11 is 0. The first-order chi connectivity index (χ1) is 19.3. The van der Waals surface area contributed by atoms with Crippen molar-refractivity contribution in [1.82, 2.24) is 0 Å². The van der Waals surface area contributed by atoms with E-state index in [4.69, 9.17) is 14.0 Å². The van der Waals surface area contributed by atoms with Crippen molar-refractivity contribution in [1.29, 1.82) is 0 Å². The van der Waals surface area contributed by atoms with Crippen LogP contribution >= 0.6 is 0 Å². The van der Waals surface area contributed by atoms with Crippen LogP contribution in [0.4, 0.5) is 0 Å². The van der Waals surface area contributed by atoms with Crippen molar-refractivity contribution in [3.05, 3.63) is 0 Å². The predicted octanol–water partition coefficient (Wildman–Crippen LogP) is 8.66. The number of hydrogen-bond acceptors (Lipinski definition) is 7. The second-order valence-electron chi connectivity index (χ2n) is 11.1. The van der Waals surface area contributed by atoms with Gasteiger partial charge in [0.05, 0.1) is 0 Å². The van der Waals surface area contributed by atoms with E-state index < -0.39 is 35.0 Å². The maximum atomic E-state index is 12.2. The van der Waals surface area contributed by atoms with Gasteiger partial charge in [0, 0.05) is 12.8 Å². The highest BCUT2D eigenvalue weighted by atomic mass is 32.3. The normalized spacial score (nSPS) is 12.4. The fourth-order valence-corrected chi connectivity index (χ4v) is 4.97. The highest BCUT2D eigenvalue weighted by Gasteiger charge is 2.20. The lowest BCUT2D eigenvalue weighted by atomic mass is 10.1. The molecular weight excluding hydrogens is 532 g/mol. The van der Waals surface area contributed by atoms with E-state index in [0.717, 1.165) is 38.5 Å². The smallest absolute Gasteiger partial charge is 0.397 e. The van der Waals surface area contributed by atoms with Crippen molar-refractivity contribution in [2.24, 2.45) is 0 Å². The SMILES string of the molecule is CCCCCCCCCCCCCC(=O)OCC(COS(=O)(=O)O)OC(=O)CCCCCCCCCCCCC. The van der Waals surface area contributed by atoms with E-state index in [2.05, 4.69) is 18.0 Å². The van der Waals surface area contributed by atoms with Crippen molar-refractivity contribution in [3.63, 3.8) is 0 Å². The molecular formula is C31H60O8S. The molecule has 8 nitrogen and oxygen atoms in total. The molecule has 0 fully saturated rings. The van der Waals surface area contributed by atoms with E-state index in [1.807, 2.05) is 0 Å². The summed E-state index contributed by atoms with van der Waals surface area (Å²) in [5, 5.41) is 0. The molecule has 0 aliphatic carbocycles. The third kappa shape index (κ3) is 29.8. The summed E-state index contributed by atoms with van der Waals surface area (Å²) in [4.78, 5) is 24.3. The topological polar surface area (TPSA) is 116 Å². The first-order valence-corrected chi connectivity index (χ1v) is 17.6. The Balaban J connectivity index is 4.02. The molecule has 0 aromatic heterocycles. The highest BCUT2D eigenvalue weighted by molar-refractivity contribution is 7.80. The first kappa shape index (κ1) is 38.8. The molecule has 0 aliphatic heterocycles. The van der Waals surface area contributed by atoms with Crippen molar-refractivity contribution in [3.8, 4) is 0 Å². The number of ether oxygens (including phenoxy) is 2. The van der Waals surface area contributed by atoms with E-state index in [0.29, 0.717) is 6.42 Å². The molecule has 9 heteroatoms. The summed E-state index contributed by atoms with van der Waals surface area (Å²) in [6, 6.07) is 0. The number of carbonyl (C=O) groups excluding carboxylic acids is 2. The molecule has 0 radical (unpaired) electrons. The third-order valence-corrected chi connectivity index (χ3v) is 7.53. The van der Waals surface area contributed by atoms with Gasteiger partial charge in [-0.1, -0.05) is 142 Å². The van der Waals surface area contributed by atoms with Gasteiger partial charge in [-0.05, 0) is 12.8 Å². The maximum Gasteiger partial charge on any atom is 0.397 e. The van der Waals surface area contributed by atoms with Crippen LogP contribution in [0.15, 0.2) is 0 Å². The molecule has 0 saturated carbocycles. The van der Waals surface area contributed by atoms with E-state index in [9.17, 15) is 18.0 Å². The van der Waals surface area contributed by atoms with Crippen LogP contribution in [0.1, 0.15) is 168 Å². The molecule has 0 bridgehead atoms. The van der Waals surface area contributed by atoms with Gasteiger partial charge in [-0.25, -0.2) is 4.18 Å². The van der Waals surface area contributed by atoms with Crippen LogP contribution in [0.25, 0.3) is 0 Å². The number of unbranched alkanes of at least 4 members (excludes halogenated alkanes) is 20. The molecule has 0 rings (SSSR count). The molecule has 1 unspecified atom stereocenters. The standard InChI is InChI=1S/C31H60O8S/c1-3-5-7-9-11-13-15-17-19-21-23-25-30(32)37-27-29(28-38-40(34,35)36)39-31(33)26-24-22-20-18-16-14-12-10-8-6-4-2/h29H,3-28H2,1-2H3,(H,34,35,36). The second-order valence-corrected chi connectivity index (χ2v) is 12.2. The summed E-state index contributed by atoms with van der Waals surface area (Å²) < 4.78 is 45.6. The summed E-state index contributed by atoms with van der Waals surface area (Å²) in [5.74, 6) is -0.921. The Bertz CT molecular complexity index is 695. The molecule has 238 valence electrons. The van der Waals surface area contributed by atoms with Gasteiger partial charge in [0.2, 0.25) is 0 Å². The molecule has 0 saturated heterocycles. The minimum Gasteiger partial charge on any atom is -0.462 e. The Morgan fingerprint density at radius 3 is 1.27 bits per heavy atom. The number of carbonyl (C=O) groups is 2. The quantitative estimate of drug-likeness (QED) is 0.0500. The summed E-state index contributed by atoms with van der Waals surface area (Å²) in [6.07, 6.45) is 25.2. The lowest BCUT2D eigenvalue weighted by Crippen LogP contribution is -2.30. The van der Waals surface area contributed by atoms with Crippen molar-refractivity contribution >= 4 is 22.3 Å². The molecule has 1 atom stereocenters. The van der Waals surface area contributed by atoms with Gasteiger partial charge >= 0.3 is 22.3 Å². The first-order valence-electron chi connectivity index (χ1n) is 16.2. The molecule has 40 heavy (non-hydrogen) atoms. The van der Waals surface area contributed by atoms with E-state index >= 15 is 0 Å². The van der Waals surface area contributed by atoms with Crippen LogP contribution < -0.4 is 0 Å². The maximum absolute atomic E-state index is 12.2. The second kappa shape index (κ2) is 28.0. The lowest BCUT2D eigenvalue weighted by molar-refractivity contribution is -0.161. The Morgan fingerprint density at radius 1 is 0.550 bits per heavy atom. The number of hydrogen-bond donors (Lipinski definition) is 1. The van der Waals surface area contributed by atoms with Crippen LogP contribution in [0, 0.1) is 0 Å². The highest BCUT2D eigenvalue weighted by Crippen LogP contribution is 2.14. The van der Waals surface area contributed by atoms with Crippen molar-refractivity contribution in [2.75, 3.05) is 13.2 Å². The molecule has 0 aliphatic rings. The Morgan fingerprint density at radius 2 is 0.900 bits per heavy atom. The number of esters is 2.